The van der Waals surface area contributed by atoms with Crippen LogP contribution in [0.4, 0.5) is 0 Å². The Hall–Kier alpha value is -1.06. The second-order valence-corrected chi connectivity index (χ2v) is 1.00. The molecule has 0 aliphatic heterocycles. The van der Waals surface area contributed by atoms with E-state index in [2.05, 4.69) is 10.1 Å². The van der Waals surface area contributed by atoms with Crippen molar-refractivity contribution in [1.82, 2.24) is 0 Å². The van der Waals surface area contributed by atoms with Crippen molar-refractivity contribution in [3.05, 3.63) is 0 Å². The van der Waals surface area contributed by atoms with E-state index in [0.29, 0.717) is 5.84 Å². The zero-order chi connectivity index (χ0) is 5.70. The standard InChI is InChI=1S/C3H7N3O/c1-3(4)5-2-6-7/h2,7H,1H3,(H2,4,5,6). The summed E-state index contributed by atoms with van der Waals surface area (Å²) in [5.74, 6) is 0.373. The van der Waals surface area contributed by atoms with Crippen molar-refractivity contribution < 1.29 is 5.21 Å². The normalized spacial score (nSPS) is 13.0. The quantitative estimate of drug-likeness (QED) is 0.207. The molecule has 0 aromatic carbocycles. The van der Waals surface area contributed by atoms with Crippen molar-refractivity contribution in [2.45, 2.75) is 6.92 Å². The van der Waals surface area contributed by atoms with Gasteiger partial charge in [-0.3, -0.25) is 0 Å². The summed E-state index contributed by atoms with van der Waals surface area (Å²) in [6.07, 6.45) is 0.968. The van der Waals surface area contributed by atoms with E-state index in [4.69, 9.17) is 10.9 Å². The van der Waals surface area contributed by atoms with E-state index in [1.165, 1.54) is 0 Å². The number of rotatable bonds is 1. The zero-order valence-electron chi connectivity index (χ0n) is 4.00. The minimum absolute atomic E-state index is 0.373. The molecule has 0 spiro atoms. The van der Waals surface area contributed by atoms with E-state index in [9.17, 15) is 0 Å². The molecule has 4 heteroatoms. The molecule has 0 atom stereocenters. The first-order valence-corrected chi connectivity index (χ1v) is 1.73. The summed E-state index contributed by atoms with van der Waals surface area (Å²) < 4.78 is 0. The number of aliphatic imine (C=N–C) groups is 1. The number of nitrogens with two attached hydrogens (primary N) is 1. The van der Waals surface area contributed by atoms with Gasteiger partial charge in [-0.25, -0.2) is 4.99 Å². The van der Waals surface area contributed by atoms with Crippen LogP contribution in [0.1, 0.15) is 6.92 Å². The smallest absolute Gasteiger partial charge is 0.156 e. The van der Waals surface area contributed by atoms with Crippen molar-refractivity contribution in [2.24, 2.45) is 15.9 Å². The first-order chi connectivity index (χ1) is 3.27. The third kappa shape index (κ3) is 4.94. The Balaban J connectivity index is 3.46. The van der Waals surface area contributed by atoms with Crippen LogP contribution in [0.2, 0.25) is 0 Å². The summed E-state index contributed by atoms with van der Waals surface area (Å²) >= 11 is 0. The van der Waals surface area contributed by atoms with Crippen LogP contribution in [-0.2, 0) is 0 Å². The molecule has 0 aliphatic carbocycles. The van der Waals surface area contributed by atoms with Gasteiger partial charge in [-0.1, -0.05) is 5.16 Å². The summed E-state index contributed by atoms with van der Waals surface area (Å²) in [4.78, 5) is 3.40. The van der Waals surface area contributed by atoms with Crippen LogP contribution in [-0.4, -0.2) is 17.4 Å². The molecule has 0 radical (unpaired) electrons. The van der Waals surface area contributed by atoms with Crippen LogP contribution >= 0.6 is 0 Å². The molecule has 0 bridgehead atoms. The molecule has 0 aromatic heterocycles. The Bertz CT molecular complexity index is 92.4. The second kappa shape index (κ2) is 3.14. The fraction of sp³-hybridized carbons (Fsp3) is 0.333. The van der Waals surface area contributed by atoms with Gasteiger partial charge < -0.3 is 10.9 Å². The van der Waals surface area contributed by atoms with Crippen molar-refractivity contribution in [3.63, 3.8) is 0 Å². The monoisotopic (exact) mass is 101 g/mol. The van der Waals surface area contributed by atoms with Gasteiger partial charge in [-0.05, 0) is 6.92 Å². The zero-order valence-corrected chi connectivity index (χ0v) is 4.00. The minimum Gasteiger partial charge on any atom is -0.410 e. The van der Waals surface area contributed by atoms with Crippen LogP contribution in [0.25, 0.3) is 0 Å². The maximum absolute atomic E-state index is 7.72. The molecule has 40 valence electrons. The maximum Gasteiger partial charge on any atom is 0.156 e. The van der Waals surface area contributed by atoms with Gasteiger partial charge in [0.25, 0.3) is 0 Å². The lowest BCUT2D eigenvalue weighted by atomic mass is 10.7. The molecule has 0 fully saturated rings. The van der Waals surface area contributed by atoms with E-state index < -0.39 is 0 Å². The van der Waals surface area contributed by atoms with Crippen LogP contribution < -0.4 is 5.73 Å². The molecule has 0 heterocycles. The van der Waals surface area contributed by atoms with Crippen LogP contribution in [0.3, 0.4) is 0 Å². The molecule has 0 aromatic rings. The molecular formula is C3H7N3O. The fourth-order valence-electron chi connectivity index (χ4n) is 0.117. The van der Waals surface area contributed by atoms with E-state index in [1.807, 2.05) is 0 Å². The van der Waals surface area contributed by atoms with Gasteiger partial charge in [0.15, 0.2) is 6.34 Å². The van der Waals surface area contributed by atoms with Crippen molar-refractivity contribution in [1.29, 1.82) is 0 Å². The van der Waals surface area contributed by atoms with Gasteiger partial charge in [0.05, 0.1) is 5.84 Å². The van der Waals surface area contributed by atoms with E-state index in [1.54, 1.807) is 6.92 Å². The fourth-order valence-corrected chi connectivity index (χ4v) is 0.117. The highest BCUT2D eigenvalue weighted by Crippen LogP contribution is 1.59. The number of amidine groups is 1. The van der Waals surface area contributed by atoms with Gasteiger partial charge in [0, 0.05) is 0 Å². The molecule has 0 unspecified atom stereocenters. The summed E-state index contributed by atoms with van der Waals surface area (Å²) in [6, 6.07) is 0. The van der Waals surface area contributed by atoms with Crippen LogP contribution in [0, 0.1) is 0 Å². The molecule has 0 saturated carbocycles. The first-order valence-electron chi connectivity index (χ1n) is 1.73. The molecule has 7 heavy (non-hydrogen) atoms. The lowest BCUT2D eigenvalue weighted by molar-refractivity contribution is 0.321. The van der Waals surface area contributed by atoms with E-state index in [0.717, 1.165) is 6.34 Å². The summed E-state index contributed by atoms with van der Waals surface area (Å²) in [5.41, 5.74) is 5.03. The maximum atomic E-state index is 7.72. The Morgan fingerprint density at radius 3 is 2.57 bits per heavy atom. The highest BCUT2D eigenvalue weighted by Gasteiger charge is 1.68. The first kappa shape index (κ1) is 5.94. The molecule has 4 nitrogen and oxygen atoms in total. The number of hydrogen-bond acceptors (Lipinski definition) is 2. The van der Waals surface area contributed by atoms with Gasteiger partial charge in [0.1, 0.15) is 0 Å². The number of nitrogens with zero attached hydrogens (tertiary/aromatic N) is 2. The largest absolute Gasteiger partial charge is 0.410 e. The van der Waals surface area contributed by atoms with Crippen molar-refractivity contribution >= 4 is 12.2 Å². The van der Waals surface area contributed by atoms with E-state index >= 15 is 0 Å². The Morgan fingerprint density at radius 1 is 1.86 bits per heavy atom. The summed E-state index contributed by atoms with van der Waals surface area (Å²) in [7, 11) is 0. The highest BCUT2D eigenvalue weighted by molar-refractivity contribution is 5.84. The Morgan fingerprint density at radius 2 is 2.43 bits per heavy atom. The van der Waals surface area contributed by atoms with Gasteiger partial charge in [-0.15, -0.1) is 0 Å². The lowest BCUT2D eigenvalue weighted by Crippen LogP contribution is -2.04. The topological polar surface area (TPSA) is 71.0 Å². The average Bonchev–Trinajstić information content (AvgIpc) is 1.61. The van der Waals surface area contributed by atoms with Gasteiger partial charge >= 0.3 is 0 Å². The summed E-state index contributed by atoms with van der Waals surface area (Å²) in [6.45, 7) is 1.60. The highest BCUT2D eigenvalue weighted by atomic mass is 16.4. The predicted octanol–water partition coefficient (Wildman–Crippen LogP) is -0.219. The van der Waals surface area contributed by atoms with Gasteiger partial charge in [0.2, 0.25) is 0 Å². The van der Waals surface area contributed by atoms with E-state index in [-0.39, 0.29) is 0 Å². The molecule has 0 rings (SSSR count). The Labute approximate surface area is 41.3 Å². The number of hydrogen-bond donors (Lipinski definition) is 2. The average molecular weight is 101 g/mol. The predicted molar refractivity (Wildman–Crippen MR) is 27.6 cm³/mol. The van der Waals surface area contributed by atoms with Crippen molar-refractivity contribution in [2.75, 3.05) is 0 Å². The third-order valence-corrected chi connectivity index (χ3v) is 0.313. The Kier molecular flexibility index (Phi) is 2.67. The van der Waals surface area contributed by atoms with Crippen molar-refractivity contribution in [3.8, 4) is 0 Å². The molecular weight excluding hydrogens is 94.1 g/mol. The molecule has 3 N–H and O–H groups in total. The van der Waals surface area contributed by atoms with Crippen LogP contribution in [0.5, 0.6) is 0 Å². The van der Waals surface area contributed by atoms with Crippen LogP contribution in [0.15, 0.2) is 10.1 Å². The minimum atomic E-state index is 0.373. The number of oxime groups is 1. The summed E-state index contributed by atoms with van der Waals surface area (Å²) in [5, 5.41) is 10.3. The van der Waals surface area contributed by atoms with Gasteiger partial charge in [-0.2, -0.15) is 0 Å². The third-order valence-electron chi connectivity index (χ3n) is 0.313. The molecule has 0 saturated heterocycles. The molecule has 0 aliphatic rings. The second-order valence-electron chi connectivity index (χ2n) is 1.00. The lowest BCUT2D eigenvalue weighted by Gasteiger charge is -1.78. The SMILES string of the molecule is CC(N)=N/C=N\O. The molecule has 0 amide bonds.